The number of benzene rings is 1. The lowest BCUT2D eigenvalue weighted by Crippen LogP contribution is -2.13. The summed E-state index contributed by atoms with van der Waals surface area (Å²) in [6.45, 7) is 5.45. The van der Waals surface area contributed by atoms with E-state index in [4.69, 9.17) is 20.6 Å². The molecule has 0 unspecified atom stereocenters. The fourth-order valence-corrected chi connectivity index (χ4v) is 5.20. The van der Waals surface area contributed by atoms with Crippen LogP contribution in [0.1, 0.15) is 46.4 Å². The predicted molar refractivity (Wildman–Crippen MR) is 108 cm³/mol. The van der Waals surface area contributed by atoms with Crippen LogP contribution in [0.25, 0.3) is 0 Å². The molecule has 6 nitrogen and oxygen atoms in total. The number of carbonyl (C=O) groups excluding carboxylic acids is 2. The van der Waals surface area contributed by atoms with E-state index in [1.807, 2.05) is 0 Å². The first-order valence-electron chi connectivity index (χ1n) is 8.35. The van der Waals surface area contributed by atoms with E-state index in [0.29, 0.717) is 26.7 Å². The monoisotopic (exact) mass is 429 g/mol. The van der Waals surface area contributed by atoms with Crippen LogP contribution in [-0.4, -0.2) is 24.9 Å². The second kappa shape index (κ2) is 9.62. The number of amides is 1. The summed E-state index contributed by atoms with van der Waals surface area (Å²) in [5.41, 5.74) is 1.42. The number of halogens is 1. The molecule has 1 aromatic carbocycles. The van der Waals surface area contributed by atoms with Crippen LogP contribution in [0.2, 0.25) is 5.02 Å². The van der Waals surface area contributed by atoms with Crippen molar-refractivity contribution >= 4 is 47.9 Å². The summed E-state index contributed by atoms with van der Waals surface area (Å²) in [6.07, 6.45) is 0.0953. The van der Waals surface area contributed by atoms with Gasteiger partial charge in [0.15, 0.2) is 5.78 Å². The van der Waals surface area contributed by atoms with Gasteiger partial charge in [-0.15, -0.1) is 11.3 Å². The molecule has 0 radical (unpaired) electrons. The lowest BCUT2D eigenvalue weighted by Gasteiger charge is -2.16. The Labute approximate surface area is 167 Å². The van der Waals surface area contributed by atoms with Crippen LogP contribution >= 0.6 is 30.5 Å². The van der Waals surface area contributed by atoms with Gasteiger partial charge in [0.2, 0.25) is 0 Å². The Kier molecular flexibility index (Phi) is 7.77. The fraction of sp³-hybridized carbons (Fsp3) is 0.333. The number of rotatable bonds is 9. The van der Waals surface area contributed by atoms with Gasteiger partial charge in [0.25, 0.3) is 5.91 Å². The molecule has 1 amide bonds. The lowest BCUT2D eigenvalue weighted by molar-refractivity contribution is 0.101. The Morgan fingerprint density at radius 1 is 1.19 bits per heavy atom. The third-order valence-electron chi connectivity index (χ3n) is 3.51. The van der Waals surface area contributed by atoms with E-state index in [0.717, 1.165) is 0 Å². The fourth-order valence-electron chi connectivity index (χ4n) is 2.42. The van der Waals surface area contributed by atoms with Crippen molar-refractivity contribution in [3.8, 4) is 0 Å². The van der Waals surface area contributed by atoms with Crippen LogP contribution in [-0.2, 0) is 19.8 Å². The highest BCUT2D eigenvalue weighted by Gasteiger charge is 2.25. The van der Waals surface area contributed by atoms with Crippen LogP contribution in [0.5, 0.6) is 0 Å². The van der Waals surface area contributed by atoms with Gasteiger partial charge in [0.1, 0.15) is 0 Å². The number of thiophene rings is 1. The second-order valence-corrected chi connectivity index (χ2v) is 9.03. The van der Waals surface area contributed by atoms with Crippen LogP contribution in [0.4, 0.5) is 5.69 Å². The molecule has 0 fully saturated rings. The quantitative estimate of drug-likeness (QED) is 0.413. The summed E-state index contributed by atoms with van der Waals surface area (Å²) in [6, 6.07) is 6.35. The zero-order valence-electron chi connectivity index (χ0n) is 15.3. The standard InChI is InChI=1S/C18H21ClNO5PS/c1-4-24-26(23,25-5-2)10-13-8-17(27-11-13)18(22)20-16-7-6-14(19)9-15(16)12(3)21/h6-9,11H,4-5,10H2,1-3H3,(H,20,22). The summed E-state index contributed by atoms with van der Waals surface area (Å²) in [5.74, 6) is -0.562. The van der Waals surface area contributed by atoms with E-state index >= 15 is 0 Å². The van der Waals surface area contributed by atoms with Crippen molar-refractivity contribution in [1.29, 1.82) is 0 Å². The van der Waals surface area contributed by atoms with Crippen molar-refractivity contribution in [3.05, 3.63) is 50.7 Å². The van der Waals surface area contributed by atoms with Crippen molar-refractivity contribution < 1.29 is 23.2 Å². The van der Waals surface area contributed by atoms with E-state index in [-0.39, 0.29) is 31.1 Å². The maximum atomic E-state index is 12.6. The number of carbonyl (C=O) groups is 2. The van der Waals surface area contributed by atoms with Gasteiger partial charge in [0.05, 0.1) is 29.9 Å². The van der Waals surface area contributed by atoms with E-state index in [9.17, 15) is 14.2 Å². The minimum atomic E-state index is -3.24. The molecule has 0 aliphatic carbocycles. The number of nitrogens with one attached hydrogen (secondary N) is 1. The molecule has 0 aliphatic heterocycles. The molecule has 1 heterocycles. The molecule has 0 aliphatic rings. The summed E-state index contributed by atoms with van der Waals surface area (Å²) in [7, 11) is -3.24. The Balaban J connectivity index is 2.16. The Morgan fingerprint density at radius 2 is 1.85 bits per heavy atom. The molecule has 2 rings (SSSR count). The topological polar surface area (TPSA) is 81.7 Å². The molecule has 2 aromatic rings. The minimum absolute atomic E-state index is 0.0953. The molecule has 0 atom stereocenters. The molecular formula is C18H21ClNO5PS. The van der Waals surface area contributed by atoms with E-state index in [1.54, 1.807) is 37.4 Å². The Morgan fingerprint density at radius 3 is 2.44 bits per heavy atom. The number of ketones is 1. The van der Waals surface area contributed by atoms with Crippen molar-refractivity contribution in [2.45, 2.75) is 26.9 Å². The molecule has 0 spiro atoms. The van der Waals surface area contributed by atoms with Gasteiger partial charge in [-0.1, -0.05) is 11.6 Å². The molecular weight excluding hydrogens is 409 g/mol. The number of hydrogen-bond donors (Lipinski definition) is 1. The Hall–Kier alpha value is -1.50. The van der Waals surface area contributed by atoms with Gasteiger partial charge in [-0.25, -0.2) is 0 Å². The summed E-state index contributed by atoms with van der Waals surface area (Å²) >= 11 is 7.13. The summed E-state index contributed by atoms with van der Waals surface area (Å²) < 4.78 is 23.2. The van der Waals surface area contributed by atoms with Gasteiger partial charge in [-0.2, -0.15) is 0 Å². The SMILES string of the molecule is CCOP(=O)(Cc1csc(C(=O)Nc2ccc(Cl)cc2C(C)=O)c1)OCC. The third kappa shape index (κ3) is 5.99. The second-order valence-electron chi connectivity index (χ2n) is 5.62. The highest BCUT2D eigenvalue weighted by molar-refractivity contribution is 7.53. The highest BCUT2D eigenvalue weighted by atomic mass is 35.5. The number of anilines is 1. The Bertz CT molecular complexity index is 872. The van der Waals surface area contributed by atoms with Crippen molar-refractivity contribution in [2.24, 2.45) is 0 Å². The highest BCUT2D eigenvalue weighted by Crippen LogP contribution is 2.51. The van der Waals surface area contributed by atoms with Crippen LogP contribution in [0, 0.1) is 0 Å². The van der Waals surface area contributed by atoms with E-state index < -0.39 is 7.60 Å². The maximum Gasteiger partial charge on any atom is 0.335 e. The molecule has 1 aromatic heterocycles. The smallest absolute Gasteiger partial charge is 0.321 e. The number of hydrogen-bond acceptors (Lipinski definition) is 6. The third-order valence-corrected chi connectivity index (χ3v) is 6.78. The van der Waals surface area contributed by atoms with Crippen LogP contribution in [0.3, 0.4) is 0 Å². The van der Waals surface area contributed by atoms with Gasteiger partial charge in [-0.3, -0.25) is 14.2 Å². The predicted octanol–water partition coefficient (Wildman–Crippen LogP) is 5.62. The minimum Gasteiger partial charge on any atom is -0.321 e. The normalized spacial score (nSPS) is 11.4. The van der Waals surface area contributed by atoms with Crippen LogP contribution < -0.4 is 5.32 Å². The molecule has 9 heteroatoms. The van der Waals surface area contributed by atoms with Crippen molar-refractivity contribution in [2.75, 3.05) is 18.5 Å². The number of Topliss-reactive ketones (excluding diaryl/α,β-unsaturated/α-hetero) is 1. The van der Waals surface area contributed by atoms with E-state index in [1.165, 1.54) is 24.3 Å². The first-order valence-corrected chi connectivity index (χ1v) is 11.3. The van der Waals surface area contributed by atoms with Gasteiger partial charge < -0.3 is 14.4 Å². The molecule has 27 heavy (non-hydrogen) atoms. The van der Waals surface area contributed by atoms with Crippen LogP contribution in [0.15, 0.2) is 29.6 Å². The molecule has 1 N–H and O–H groups in total. The van der Waals surface area contributed by atoms with Crippen molar-refractivity contribution in [1.82, 2.24) is 0 Å². The maximum absolute atomic E-state index is 12.6. The van der Waals surface area contributed by atoms with Gasteiger partial charge >= 0.3 is 7.60 Å². The average molecular weight is 430 g/mol. The van der Waals surface area contributed by atoms with Gasteiger partial charge in [0, 0.05) is 10.6 Å². The molecule has 0 saturated heterocycles. The largest absolute Gasteiger partial charge is 0.335 e. The zero-order chi connectivity index (χ0) is 20.0. The van der Waals surface area contributed by atoms with Crippen molar-refractivity contribution in [3.63, 3.8) is 0 Å². The first kappa shape index (κ1) is 21.8. The van der Waals surface area contributed by atoms with E-state index in [2.05, 4.69) is 5.32 Å². The van der Waals surface area contributed by atoms with Gasteiger partial charge in [-0.05, 0) is 56.0 Å². The first-order chi connectivity index (χ1) is 12.8. The lowest BCUT2D eigenvalue weighted by atomic mass is 10.1. The summed E-state index contributed by atoms with van der Waals surface area (Å²) in [5, 5.41) is 4.88. The molecule has 0 bridgehead atoms. The summed E-state index contributed by atoms with van der Waals surface area (Å²) in [4.78, 5) is 24.7. The molecule has 0 saturated carbocycles. The average Bonchev–Trinajstić information content (AvgIpc) is 3.04. The molecule has 146 valence electrons. The zero-order valence-corrected chi connectivity index (χ0v) is 17.7.